The molecule has 8 heteroatoms. The molecule has 0 amide bonds. The van der Waals surface area contributed by atoms with Gasteiger partial charge in [-0.25, -0.2) is 19.9 Å². The Kier molecular flexibility index (Phi) is 5.62. The lowest BCUT2D eigenvalue weighted by molar-refractivity contribution is 0.181. The van der Waals surface area contributed by atoms with E-state index < -0.39 is 0 Å². The van der Waals surface area contributed by atoms with Crippen molar-refractivity contribution in [2.24, 2.45) is 0 Å². The van der Waals surface area contributed by atoms with Crippen LogP contribution in [0, 0.1) is 3.57 Å². The number of nitrogens with zero attached hydrogens (tertiary/aromatic N) is 4. The number of ether oxygens (including phenoxy) is 2. The maximum Gasteiger partial charge on any atom is 0.216 e. The quantitative estimate of drug-likeness (QED) is 0.743. The first-order chi connectivity index (χ1) is 10.2. The van der Waals surface area contributed by atoms with Crippen molar-refractivity contribution in [1.82, 2.24) is 19.9 Å². The van der Waals surface area contributed by atoms with Gasteiger partial charge in [-0.3, -0.25) is 0 Å². The maximum absolute atomic E-state index is 5.20. The number of hydrogen-bond acceptors (Lipinski definition) is 7. The molecule has 0 aliphatic heterocycles. The van der Waals surface area contributed by atoms with Gasteiger partial charge >= 0.3 is 0 Å². The van der Waals surface area contributed by atoms with E-state index in [2.05, 4.69) is 47.8 Å². The number of halogens is 1. The summed E-state index contributed by atoms with van der Waals surface area (Å²) in [6.45, 7) is 3.20. The van der Waals surface area contributed by atoms with Gasteiger partial charge in [-0.05, 0) is 29.5 Å². The van der Waals surface area contributed by atoms with Gasteiger partial charge < -0.3 is 14.8 Å². The number of aromatic nitrogens is 4. The summed E-state index contributed by atoms with van der Waals surface area (Å²) < 4.78 is 11.2. The molecule has 0 bridgehead atoms. The number of methoxy groups -OCH3 is 2. The molecule has 0 fully saturated rings. The van der Waals surface area contributed by atoms with Gasteiger partial charge in [0.2, 0.25) is 5.88 Å². The summed E-state index contributed by atoms with van der Waals surface area (Å²) in [5.41, 5.74) is 1.42. The second-order valence-corrected chi connectivity index (χ2v) is 5.14. The Bertz CT molecular complexity index is 596. The highest BCUT2D eigenvalue weighted by Crippen LogP contribution is 2.24. The zero-order valence-corrected chi connectivity index (χ0v) is 14.2. The fourth-order valence-corrected chi connectivity index (χ4v) is 2.29. The average Bonchev–Trinajstić information content (AvgIpc) is 2.51. The van der Waals surface area contributed by atoms with Gasteiger partial charge in [0.05, 0.1) is 23.0 Å². The van der Waals surface area contributed by atoms with Crippen LogP contribution in [0.5, 0.6) is 5.88 Å². The largest absolute Gasteiger partial charge is 0.481 e. The third kappa shape index (κ3) is 3.76. The molecule has 0 unspecified atom stereocenters. The second-order valence-electron chi connectivity index (χ2n) is 4.07. The molecule has 0 radical (unpaired) electrons. The van der Waals surface area contributed by atoms with Gasteiger partial charge in [-0.2, -0.15) is 0 Å². The molecule has 2 heterocycles. The summed E-state index contributed by atoms with van der Waals surface area (Å²) in [5.74, 6) is 1.76. The van der Waals surface area contributed by atoms with E-state index in [1.807, 2.05) is 6.92 Å². The van der Waals surface area contributed by atoms with E-state index >= 15 is 0 Å². The third-order valence-electron chi connectivity index (χ3n) is 2.63. The third-order valence-corrected chi connectivity index (χ3v) is 3.76. The topological polar surface area (TPSA) is 82.1 Å². The zero-order valence-electron chi connectivity index (χ0n) is 12.1. The molecule has 0 aliphatic carbocycles. The molecular formula is C13H16IN5O2. The van der Waals surface area contributed by atoms with Crippen molar-refractivity contribution in [3.63, 3.8) is 0 Å². The Labute approximate surface area is 136 Å². The zero-order chi connectivity index (χ0) is 15.2. The van der Waals surface area contributed by atoms with Crippen molar-refractivity contribution in [3.05, 3.63) is 21.7 Å². The first-order valence-corrected chi connectivity index (χ1v) is 7.43. The molecule has 0 atom stereocenters. The fraction of sp³-hybridized carbons (Fsp3) is 0.385. The van der Waals surface area contributed by atoms with Gasteiger partial charge in [0, 0.05) is 19.7 Å². The smallest absolute Gasteiger partial charge is 0.216 e. The summed E-state index contributed by atoms with van der Waals surface area (Å²) >= 11 is 2.21. The Morgan fingerprint density at radius 3 is 2.71 bits per heavy atom. The summed E-state index contributed by atoms with van der Waals surface area (Å²) in [7, 11) is 3.19. The van der Waals surface area contributed by atoms with Crippen molar-refractivity contribution in [2.75, 3.05) is 26.1 Å². The summed E-state index contributed by atoms with van der Waals surface area (Å²) in [6, 6.07) is 1.70. The maximum atomic E-state index is 5.20. The molecule has 0 aromatic carbocycles. The SMILES string of the molecule is CCNc1nc(-c2cc(OC)ncn2)nc(COC)c1I. The van der Waals surface area contributed by atoms with E-state index in [0.29, 0.717) is 24.0 Å². The molecular weight excluding hydrogens is 385 g/mol. The van der Waals surface area contributed by atoms with Gasteiger partial charge in [0.25, 0.3) is 0 Å². The van der Waals surface area contributed by atoms with Crippen molar-refractivity contribution >= 4 is 28.4 Å². The van der Waals surface area contributed by atoms with Crippen LogP contribution in [0.25, 0.3) is 11.5 Å². The first kappa shape index (κ1) is 15.8. The standard InChI is InChI=1S/C13H16IN5O2/c1-4-15-13-11(14)9(6-20-2)18-12(19-13)8-5-10(21-3)17-7-16-8/h5,7H,4,6H2,1-3H3,(H,15,18,19). The molecule has 7 nitrogen and oxygen atoms in total. The van der Waals surface area contributed by atoms with Crippen molar-refractivity contribution in [2.45, 2.75) is 13.5 Å². The molecule has 0 saturated carbocycles. The highest BCUT2D eigenvalue weighted by Gasteiger charge is 2.14. The number of rotatable bonds is 6. The highest BCUT2D eigenvalue weighted by atomic mass is 127. The fourth-order valence-electron chi connectivity index (χ4n) is 1.70. The Morgan fingerprint density at radius 2 is 2.05 bits per heavy atom. The van der Waals surface area contributed by atoms with Gasteiger partial charge in [-0.1, -0.05) is 0 Å². The lowest BCUT2D eigenvalue weighted by atomic mass is 10.3. The van der Waals surface area contributed by atoms with Crippen LogP contribution in [0.2, 0.25) is 0 Å². The average molecular weight is 401 g/mol. The Balaban J connectivity index is 2.51. The van der Waals surface area contributed by atoms with E-state index in [9.17, 15) is 0 Å². The van der Waals surface area contributed by atoms with Crippen molar-refractivity contribution in [3.8, 4) is 17.4 Å². The normalized spacial score (nSPS) is 10.5. The van der Waals surface area contributed by atoms with Crippen LogP contribution in [-0.2, 0) is 11.3 Å². The molecule has 0 saturated heterocycles. The predicted octanol–water partition coefficient (Wildman–Crippen LogP) is 2.12. The van der Waals surface area contributed by atoms with Crippen LogP contribution in [-0.4, -0.2) is 40.7 Å². The number of nitrogens with one attached hydrogen (secondary N) is 1. The molecule has 0 aliphatic rings. The van der Waals surface area contributed by atoms with Gasteiger partial charge in [-0.15, -0.1) is 0 Å². The number of hydrogen-bond donors (Lipinski definition) is 1. The van der Waals surface area contributed by atoms with Crippen LogP contribution in [0.1, 0.15) is 12.6 Å². The molecule has 21 heavy (non-hydrogen) atoms. The van der Waals surface area contributed by atoms with Crippen LogP contribution < -0.4 is 10.1 Å². The van der Waals surface area contributed by atoms with E-state index in [1.54, 1.807) is 20.3 Å². The van der Waals surface area contributed by atoms with Crippen LogP contribution >= 0.6 is 22.6 Å². The minimum atomic E-state index is 0.411. The van der Waals surface area contributed by atoms with Crippen LogP contribution in [0.3, 0.4) is 0 Å². The monoisotopic (exact) mass is 401 g/mol. The minimum Gasteiger partial charge on any atom is -0.481 e. The van der Waals surface area contributed by atoms with Crippen LogP contribution in [0.4, 0.5) is 5.82 Å². The lowest BCUT2D eigenvalue weighted by Crippen LogP contribution is -2.09. The molecule has 2 aromatic rings. The summed E-state index contributed by atoms with van der Waals surface area (Å²) in [4.78, 5) is 17.2. The summed E-state index contributed by atoms with van der Waals surface area (Å²) in [6.07, 6.45) is 1.43. The summed E-state index contributed by atoms with van der Waals surface area (Å²) in [5, 5.41) is 3.22. The van der Waals surface area contributed by atoms with Crippen molar-refractivity contribution in [1.29, 1.82) is 0 Å². The molecule has 0 spiro atoms. The van der Waals surface area contributed by atoms with E-state index in [4.69, 9.17) is 9.47 Å². The second kappa shape index (κ2) is 7.46. The first-order valence-electron chi connectivity index (χ1n) is 6.35. The minimum absolute atomic E-state index is 0.411. The van der Waals surface area contributed by atoms with E-state index in [1.165, 1.54) is 6.33 Å². The highest BCUT2D eigenvalue weighted by molar-refractivity contribution is 14.1. The number of anilines is 1. The van der Waals surface area contributed by atoms with Crippen LogP contribution in [0.15, 0.2) is 12.4 Å². The molecule has 2 rings (SSSR count). The Hall–Kier alpha value is -1.55. The molecule has 2 aromatic heterocycles. The van der Waals surface area contributed by atoms with Gasteiger partial charge in [0.1, 0.15) is 17.8 Å². The predicted molar refractivity (Wildman–Crippen MR) is 87.2 cm³/mol. The van der Waals surface area contributed by atoms with E-state index in [-0.39, 0.29) is 0 Å². The van der Waals surface area contributed by atoms with E-state index in [0.717, 1.165) is 21.6 Å². The molecule has 1 N–H and O–H groups in total. The lowest BCUT2D eigenvalue weighted by Gasteiger charge is -2.11. The van der Waals surface area contributed by atoms with Gasteiger partial charge in [0.15, 0.2) is 5.82 Å². The Morgan fingerprint density at radius 1 is 1.24 bits per heavy atom. The van der Waals surface area contributed by atoms with Crippen molar-refractivity contribution < 1.29 is 9.47 Å². The molecule has 112 valence electrons.